The van der Waals surface area contributed by atoms with Crippen molar-refractivity contribution < 1.29 is 5.11 Å². The summed E-state index contributed by atoms with van der Waals surface area (Å²) in [6.45, 7) is 12.5. The Kier molecular flexibility index (Phi) is 6.61. The van der Waals surface area contributed by atoms with Crippen molar-refractivity contribution in [1.29, 1.82) is 0 Å². The van der Waals surface area contributed by atoms with Gasteiger partial charge in [0.15, 0.2) is 0 Å². The largest absolute Gasteiger partial charge is 0.389 e. The number of hydrogen-bond acceptors (Lipinski definition) is 3. The van der Waals surface area contributed by atoms with Gasteiger partial charge >= 0.3 is 0 Å². The summed E-state index contributed by atoms with van der Waals surface area (Å²) in [4.78, 5) is 2.43. The zero-order valence-corrected chi connectivity index (χ0v) is 12.7. The van der Waals surface area contributed by atoms with Gasteiger partial charge in [0.2, 0.25) is 0 Å². The minimum Gasteiger partial charge on any atom is -0.389 e. The SMILES string of the molecule is CCCN(CC1CCCCN1)CC(C)(O)C(C)C. The summed E-state index contributed by atoms with van der Waals surface area (Å²) < 4.78 is 0. The Labute approximate surface area is 113 Å². The Bertz CT molecular complexity index is 223. The normalized spacial score (nSPS) is 24.5. The Balaban J connectivity index is 2.47. The summed E-state index contributed by atoms with van der Waals surface area (Å²) in [7, 11) is 0. The number of rotatable bonds is 7. The van der Waals surface area contributed by atoms with E-state index in [-0.39, 0.29) is 0 Å². The standard InChI is InChI=1S/C15H32N2O/c1-5-10-17(12-15(4,18)13(2)3)11-14-8-6-7-9-16-14/h13-14,16,18H,5-12H2,1-4H3. The van der Waals surface area contributed by atoms with E-state index in [0.717, 1.165) is 32.6 Å². The minimum absolute atomic E-state index is 0.302. The van der Waals surface area contributed by atoms with E-state index in [0.29, 0.717) is 12.0 Å². The van der Waals surface area contributed by atoms with Gasteiger partial charge in [-0.3, -0.25) is 4.90 Å². The first kappa shape index (κ1) is 15.9. The molecule has 0 aromatic carbocycles. The van der Waals surface area contributed by atoms with Crippen LogP contribution >= 0.6 is 0 Å². The Morgan fingerprint density at radius 1 is 1.39 bits per heavy atom. The highest BCUT2D eigenvalue weighted by atomic mass is 16.3. The average Bonchev–Trinajstić information content (AvgIpc) is 2.30. The van der Waals surface area contributed by atoms with Crippen LogP contribution < -0.4 is 5.32 Å². The molecule has 0 amide bonds. The van der Waals surface area contributed by atoms with Crippen molar-refractivity contribution in [3.8, 4) is 0 Å². The maximum absolute atomic E-state index is 10.5. The molecule has 0 aromatic heterocycles. The molecule has 2 atom stereocenters. The number of nitrogens with one attached hydrogen (secondary N) is 1. The van der Waals surface area contributed by atoms with Crippen molar-refractivity contribution >= 4 is 0 Å². The van der Waals surface area contributed by atoms with Crippen LogP contribution in [0.15, 0.2) is 0 Å². The zero-order valence-electron chi connectivity index (χ0n) is 12.7. The molecular weight excluding hydrogens is 224 g/mol. The van der Waals surface area contributed by atoms with Crippen LogP contribution in [0.2, 0.25) is 0 Å². The van der Waals surface area contributed by atoms with E-state index in [1.54, 1.807) is 0 Å². The van der Waals surface area contributed by atoms with Crippen molar-refractivity contribution in [3.63, 3.8) is 0 Å². The molecule has 1 saturated heterocycles. The first-order valence-electron chi connectivity index (χ1n) is 7.64. The molecular formula is C15H32N2O. The third-order valence-electron chi connectivity index (χ3n) is 4.22. The van der Waals surface area contributed by atoms with Crippen LogP contribution in [0.4, 0.5) is 0 Å². The fourth-order valence-electron chi connectivity index (χ4n) is 2.58. The second-order valence-electron chi connectivity index (χ2n) is 6.39. The first-order chi connectivity index (χ1) is 8.45. The molecule has 1 aliphatic rings. The van der Waals surface area contributed by atoms with Crippen molar-refractivity contribution in [2.45, 2.75) is 65.0 Å². The lowest BCUT2D eigenvalue weighted by Gasteiger charge is -2.37. The molecule has 2 unspecified atom stereocenters. The van der Waals surface area contributed by atoms with Gasteiger partial charge in [-0.1, -0.05) is 27.2 Å². The van der Waals surface area contributed by atoms with E-state index >= 15 is 0 Å². The Hall–Kier alpha value is -0.120. The van der Waals surface area contributed by atoms with Crippen LogP contribution in [-0.4, -0.2) is 47.8 Å². The molecule has 1 heterocycles. The minimum atomic E-state index is -0.580. The van der Waals surface area contributed by atoms with Crippen LogP contribution in [0.25, 0.3) is 0 Å². The molecule has 2 N–H and O–H groups in total. The second kappa shape index (κ2) is 7.46. The Morgan fingerprint density at radius 3 is 2.61 bits per heavy atom. The number of piperidine rings is 1. The van der Waals surface area contributed by atoms with Crippen molar-refractivity contribution in [2.75, 3.05) is 26.2 Å². The van der Waals surface area contributed by atoms with Crippen LogP contribution in [-0.2, 0) is 0 Å². The Morgan fingerprint density at radius 2 is 2.11 bits per heavy atom. The number of nitrogens with zero attached hydrogens (tertiary/aromatic N) is 1. The molecule has 1 rings (SSSR count). The quantitative estimate of drug-likeness (QED) is 0.733. The zero-order chi connectivity index (χ0) is 13.6. The van der Waals surface area contributed by atoms with E-state index in [1.807, 2.05) is 6.92 Å². The van der Waals surface area contributed by atoms with Crippen LogP contribution in [0.1, 0.15) is 53.4 Å². The number of hydrogen-bond donors (Lipinski definition) is 2. The second-order valence-corrected chi connectivity index (χ2v) is 6.39. The first-order valence-corrected chi connectivity index (χ1v) is 7.64. The van der Waals surface area contributed by atoms with Crippen molar-refractivity contribution in [2.24, 2.45) is 5.92 Å². The van der Waals surface area contributed by atoms with Gasteiger partial charge in [-0.25, -0.2) is 0 Å². The van der Waals surface area contributed by atoms with Gasteiger partial charge in [0.05, 0.1) is 5.60 Å². The molecule has 3 heteroatoms. The van der Waals surface area contributed by atoms with E-state index in [2.05, 4.69) is 31.0 Å². The third kappa shape index (κ3) is 5.25. The van der Waals surface area contributed by atoms with Gasteiger partial charge < -0.3 is 10.4 Å². The molecule has 0 aromatic rings. The smallest absolute Gasteiger partial charge is 0.0768 e. The van der Waals surface area contributed by atoms with E-state index in [1.165, 1.54) is 19.3 Å². The summed E-state index contributed by atoms with van der Waals surface area (Å²) in [5.41, 5.74) is -0.580. The molecule has 0 radical (unpaired) electrons. The monoisotopic (exact) mass is 256 g/mol. The molecule has 108 valence electrons. The van der Waals surface area contributed by atoms with Gasteiger partial charge in [0.25, 0.3) is 0 Å². The average molecular weight is 256 g/mol. The van der Waals surface area contributed by atoms with E-state index in [4.69, 9.17) is 0 Å². The lowest BCUT2D eigenvalue weighted by atomic mass is 9.91. The number of aliphatic hydroxyl groups is 1. The van der Waals surface area contributed by atoms with Gasteiger partial charge in [0, 0.05) is 19.1 Å². The molecule has 0 spiro atoms. The molecule has 0 bridgehead atoms. The van der Waals surface area contributed by atoms with Gasteiger partial charge in [0.1, 0.15) is 0 Å². The van der Waals surface area contributed by atoms with Crippen LogP contribution in [0.5, 0.6) is 0 Å². The van der Waals surface area contributed by atoms with Crippen molar-refractivity contribution in [1.82, 2.24) is 10.2 Å². The molecule has 3 nitrogen and oxygen atoms in total. The summed E-state index contributed by atoms with van der Waals surface area (Å²) in [6.07, 6.45) is 5.09. The van der Waals surface area contributed by atoms with E-state index in [9.17, 15) is 5.11 Å². The topological polar surface area (TPSA) is 35.5 Å². The summed E-state index contributed by atoms with van der Waals surface area (Å²) in [5, 5.41) is 14.1. The van der Waals surface area contributed by atoms with E-state index < -0.39 is 5.60 Å². The predicted molar refractivity (Wildman–Crippen MR) is 77.8 cm³/mol. The maximum atomic E-state index is 10.5. The van der Waals surface area contributed by atoms with Gasteiger partial charge in [-0.05, 0) is 45.2 Å². The van der Waals surface area contributed by atoms with Gasteiger partial charge in [-0.2, -0.15) is 0 Å². The third-order valence-corrected chi connectivity index (χ3v) is 4.22. The highest BCUT2D eigenvalue weighted by Gasteiger charge is 2.28. The van der Waals surface area contributed by atoms with Gasteiger partial charge in [-0.15, -0.1) is 0 Å². The molecule has 1 fully saturated rings. The molecule has 0 aliphatic carbocycles. The molecule has 18 heavy (non-hydrogen) atoms. The molecule has 1 aliphatic heterocycles. The summed E-state index contributed by atoms with van der Waals surface area (Å²) in [6, 6.07) is 0.619. The van der Waals surface area contributed by atoms with Crippen LogP contribution in [0.3, 0.4) is 0 Å². The predicted octanol–water partition coefficient (Wildman–Crippen LogP) is 2.25. The fraction of sp³-hybridized carbons (Fsp3) is 1.00. The van der Waals surface area contributed by atoms with Crippen LogP contribution in [0, 0.1) is 5.92 Å². The highest BCUT2D eigenvalue weighted by Crippen LogP contribution is 2.19. The summed E-state index contributed by atoms with van der Waals surface area (Å²) in [5.74, 6) is 0.302. The summed E-state index contributed by atoms with van der Waals surface area (Å²) >= 11 is 0. The highest BCUT2D eigenvalue weighted by molar-refractivity contribution is 4.83. The van der Waals surface area contributed by atoms with Crippen molar-refractivity contribution in [3.05, 3.63) is 0 Å². The molecule has 0 saturated carbocycles. The lowest BCUT2D eigenvalue weighted by Crippen LogP contribution is -2.50. The lowest BCUT2D eigenvalue weighted by molar-refractivity contribution is -0.0211. The maximum Gasteiger partial charge on any atom is 0.0768 e. The fourth-order valence-corrected chi connectivity index (χ4v) is 2.58.